The predicted molar refractivity (Wildman–Crippen MR) is 109 cm³/mol. The number of fused-ring (bicyclic) bond motifs is 1. The monoisotopic (exact) mass is 480 g/mol. The van der Waals surface area contributed by atoms with Crippen LogP contribution in [0.1, 0.15) is 10.4 Å². The van der Waals surface area contributed by atoms with Gasteiger partial charge in [-0.2, -0.15) is 4.99 Å². The van der Waals surface area contributed by atoms with Crippen molar-refractivity contribution in [2.24, 2.45) is 4.99 Å². The predicted octanol–water partition coefficient (Wildman–Crippen LogP) is 3.67. The Bertz CT molecular complexity index is 1170. The van der Waals surface area contributed by atoms with E-state index in [1.165, 1.54) is 11.3 Å². The number of amides is 1. The zero-order chi connectivity index (χ0) is 21.1. The quantitative estimate of drug-likeness (QED) is 0.390. The van der Waals surface area contributed by atoms with Crippen LogP contribution in [0, 0.1) is 20.2 Å². The molecule has 0 fully saturated rings. The van der Waals surface area contributed by atoms with Crippen LogP contribution in [0.3, 0.4) is 0 Å². The van der Waals surface area contributed by atoms with E-state index in [0.717, 1.165) is 32.9 Å². The first-order valence-electron chi connectivity index (χ1n) is 8.11. The number of non-ortho nitro benzene ring substituents is 2. The molecule has 0 saturated carbocycles. The van der Waals surface area contributed by atoms with Crippen LogP contribution in [-0.2, 0) is 11.3 Å². The summed E-state index contributed by atoms with van der Waals surface area (Å²) < 4.78 is 8.63. The summed E-state index contributed by atoms with van der Waals surface area (Å²) in [4.78, 5) is 37.6. The van der Waals surface area contributed by atoms with Crippen molar-refractivity contribution < 1.29 is 19.4 Å². The summed E-state index contributed by atoms with van der Waals surface area (Å²) in [7, 11) is 1.55. The van der Waals surface area contributed by atoms with Gasteiger partial charge < -0.3 is 9.30 Å². The molecule has 29 heavy (non-hydrogen) atoms. The Morgan fingerprint density at radius 3 is 2.41 bits per heavy atom. The maximum Gasteiger partial charge on any atom is 0.280 e. The Hall–Kier alpha value is -2.96. The Balaban J connectivity index is 2.14. The van der Waals surface area contributed by atoms with Crippen molar-refractivity contribution in [1.82, 2.24) is 4.57 Å². The molecule has 0 unspecified atom stereocenters. The molecule has 1 heterocycles. The van der Waals surface area contributed by atoms with Gasteiger partial charge in [0.15, 0.2) is 4.80 Å². The number of nitro benzene ring substituents is 2. The third-order valence-corrected chi connectivity index (χ3v) is 5.47. The molecule has 0 aliphatic carbocycles. The van der Waals surface area contributed by atoms with Gasteiger partial charge >= 0.3 is 0 Å². The van der Waals surface area contributed by atoms with Crippen molar-refractivity contribution in [1.29, 1.82) is 0 Å². The average Bonchev–Trinajstić information content (AvgIpc) is 3.01. The topological polar surface area (TPSA) is 130 Å². The van der Waals surface area contributed by atoms with Crippen molar-refractivity contribution >= 4 is 54.8 Å². The van der Waals surface area contributed by atoms with E-state index in [1.54, 1.807) is 11.7 Å². The van der Waals surface area contributed by atoms with E-state index >= 15 is 0 Å². The van der Waals surface area contributed by atoms with Gasteiger partial charge in [0.1, 0.15) is 0 Å². The summed E-state index contributed by atoms with van der Waals surface area (Å²) in [6, 6.07) is 8.35. The van der Waals surface area contributed by atoms with Crippen molar-refractivity contribution in [3.63, 3.8) is 0 Å². The first-order chi connectivity index (χ1) is 13.8. The number of aromatic nitrogens is 1. The minimum Gasteiger partial charge on any atom is -0.383 e. The van der Waals surface area contributed by atoms with Crippen LogP contribution in [0.15, 0.2) is 45.9 Å². The normalized spacial score (nSPS) is 11.7. The number of thiazole rings is 1. The zero-order valence-electron chi connectivity index (χ0n) is 14.9. The molecule has 0 N–H and O–H groups in total. The lowest BCUT2D eigenvalue weighted by Gasteiger charge is -2.04. The molecular weight excluding hydrogens is 468 g/mol. The molecule has 0 saturated heterocycles. The molecule has 10 nitrogen and oxygen atoms in total. The van der Waals surface area contributed by atoms with Crippen LogP contribution in [0.4, 0.5) is 11.4 Å². The number of carbonyl (C=O) groups is 1. The number of rotatable bonds is 6. The summed E-state index contributed by atoms with van der Waals surface area (Å²) in [6.07, 6.45) is 0. The Kier molecular flexibility index (Phi) is 6.15. The molecule has 0 atom stereocenters. The van der Waals surface area contributed by atoms with Crippen LogP contribution in [0.2, 0.25) is 0 Å². The maximum atomic E-state index is 12.7. The van der Waals surface area contributed by atoms with Gasteiger partial charge in [-0.3, -0.25) is 25.0 Å². The van der Waals surface area contributed by atoms with Crippen LogP contribution >= 0.6 is 27.3 Å². The van der Waals surface area contributed by atoms with E-state index in [2.05, 4.69) is 20.9 Å². The molecule has 12 heteroatoms. The SMILES string of the molecule is COCCn1c(=NC(=O)c2cc([N+](=O)[O-])cc([N+](=O)[O-])c2)sc2cc(Br)ccc21. The highest BCUT2D eigenvalue weighted by molar-refractivity contribution is 9.10. The molecule has 1 aromatic heterocycles. The summed E-state index contributed by atoms with van der Waals surface area (Å²) in [5.74, 6) is -0.811. The molecule has 0 bridgehead atoms. The number of methoxy groups -OCH3 is 1. The number of nitrogens with zero attached hydrogens (tertiary/aromatic N) is 4. The number of nitro groups is 2. The summed E-state index contributed by atoms with van der Waals surface area (Å²) in [6.45, 7) is 0.810. The Morgan fingerprint density at radius 1 is 1.17 bits per heavy atom. The number of hydrogen-bond acceptors (Lipinski definition) is 7. The van der Waals surface area contributed by atoms with Crippen molar-refractivity contribution in [2.45, 2.75) is 6.54 Å². The smallest absolute Gasteiger partial charge is 0.280 e. The second-order valence-corrected chi connectivity index (χ2v) is 7.74. The van der Waals surface area contributed by atoms with Crippen molar-refractivity contribution in [3.05, 3.63) is 71.5 Å². The van der Waals surface area contributed by atoms with Crippen LogP contribution < -0.4 is 4.80 Å². The fraction of sp³-hybridized carbons (Fsp3) is 0.176. The van der Waals surface area contributed by atoms with Gasteiger partial charge in [0.05, 0.1) is 38.3 Å². The van der Waals surface area contributed by atoms with Gasteiger partial charge in [-0.15, -0.1) is 0 Å². The van der Waals surface area contributed by atoms with Crippen molar-refractivity contribution in [3.8, 4) is 0 Å². The van der Waals surface area contributed by atoms with E-state index < -0.39 is 27.1 Å². The highest BCUT2D eigenvalue weighted by atomic mass is 79.9. The molecular formula is C17H13BrN4O6S. The first-order valence-corrected chi connectivity index (χ1v) is 9.72. The molecule has 0 aliphatic rings. The summed E-state index contributed by atoms with van der Waals surface area (Å²) >= 11 is 4.65. The van der Waals surface area contributed by atoms with Crippen LogP contribution in [0.5, 0.6) is 0 Å². The highest BCUT2D eigenvalue weighted by Gasteiger charge is 2.20. The third kappa shape index (κ3) is 4.55. The third-order valence-electron chi connectivity index (χ3n) is 3.93. The standard InChI is InChI=1S/C17H13BrN4O6S/c1-28-5-4-20-14-3-2-11(18)8-15(14)29-17(20)19-16(23)10-6-12(21(24)25)9-13(7-10)22(26)27/h2-3,6-9H,4-5H2,1H3. The fourth-order valence-electron chi connectivity index (χ4n) is 2.61. The summed E-state index contributed by atoms with van der Waals surface area (Å²) in [5.41, 5.74) is -0.495. The molecule has 0 aliphatic heterocycles. The van der Waals surface area contributed by atoms with E-state index in [9.17, 15) is 25.0 Å². The molecule has 0 radical (unpaired) electrons. The molecule has 0 spiro atoms. The van der Waals surface area contributed by atoms with Gasteiger partial charge in [-0.05, 0) is 18.2 Å². The average molecular weight is 481 g/mol. The van der Waals surface area contributed by atoms with Gasteiger partial charge in [0.25, 0.3) is 17.3 Å². The van der Waals surface area contributed by atoms with E-state index in [-0.39, 0.29) is 5.56 Å². The second kappa shape index (κ2) is 8.59. The minimum absolute atomic E-state index is 0.233. The number of halogens is 1. The number of carbonyl (C=O) groups excluding carboxylic acids is 1. The second-order valence-electron chi connectivity index (χ2n) is 5.81. The van der Waals surface area contributed by atoms with Crippen LogP contribution in [-0.4, -0.2) is 34.0 Å². The molecule has 3 aromatic rings. The van der Waals surface area contributed by atoms with Gasteiger partial charge in [-0.25, -0.2) is 0 Å². The summed E-state index contributed by atoms with van der Waals surface area (Å²) in [5, 5.41) is 22.1. The maximum absolute atomic E-state index is 12.7. The number of benzene rings is 2. The van der Waals surface area contributed by atoms with Gasteiger partial charge in [0.2, 0.25) is 0 Å². The number of ether oxygens (including phenoxy) is 1. The van der Waals surface area contributed by atoms with E-state index in [1.807, 2.05) is 18.2 Å². The largest absolute Gasteiger partial charge is 0.383 e. The molecule has 3 rings (SSSR count). The minimum atomic E-state index is -0.811. The van der Waals surface area contributed by atoms with Crippen LogP contribution in [0.25, 0.3) is 10.2 Å². The molecule has 2 aromatic carbocycles. The van der Waals surface area contributed by atoms with E-state index in [4.69, 9.17) is 4.74 Å². The van der Waals surface area contributed by atoms with Gasteiger partial charge in [0, 0.05) is 30.3 Å². The van der Waals surface area contributed by atoms with Crippen molar-refractivity contribution in [2.75, 3.05) is 13.7 Å². The lowest BCUT2D eigenvalue weighted by molar-refractivity contribution is -0.394. The zero-order valence-corrected chi connectivity index (χ0v) is 17.3. The first kappa shape index (κ1) is 20.8. The Labute approximate surface area is 175 Å². The van der Waals surface area contributed by atoms with Gasteiger partial charge in [-0.1, -0.05) is 27.3 Å². The lowest BCUT2D eigenvalue weighted by Crippen LogP contribution is -2.19. The Morgan fingerprint density at radius 2 is 1.83 bits per heavy atom. The fourth-order valence-corrected chi connectivity index (χ4v) is 4.22. The highest BCUT2D eigenvalue weighted by Crippen LogP contribution is 2.24. The number of hydrogen-bond donors (Lipinski definition) is 0. The molecule has 150 valence electrons. The van der Waals surface area contributed by atoms with E-state index in [0.29, 0.717) is 18.0 Å². The lowest BCUT2D eigenvalue weighted by atomic mass is 10.1. The molecule has 1 amide bonds.